The topological polar surface area (TPSA) is 58.2 Å². The third-order valence-corrected chi connectivity index (χ3v) is 10.1. The van der Waals surface area contributed by atoms with E-state index in [1.165, 1.54) is 51.4 Å². The van der Waals surface area contributed by atoms with Crippen LogP contribution in [0.1, 0.15) is 90.9 Å². The van der Waals surface area contributed by atoms with Crippen molar-refractivity contribution in [3.05, 3.63) is 0 Å². The Morgan fingerprint density at radius 3 is 1.30 bits per heavy atom. The Bertz CT molecular complexity index is 599. The van der Waals surface area contributed by atoms with E-state index in [1.807, 2.05) is 0 Å². The molecule has 0 aromatic heterocycles. The molecule has 0 radical (unpaired) electrons. The first-order valence-electron chi connectivity index (χ1n) is 13.1. The molecule has 0 unspecified atom stereocenters. The number of carbonyl (C=O) groups is 2. The van der Waals surface area contributed by atoms with Crippen molar-refractivity contribution in [2.45, 2.75) is 103 Å². The van der Waals surface area contributed by atoms with Crippen molar-refractivity contribution in [1.29, 1.82) is 0 Å². The third kappa shape index (κ3) is 4.05. The zero-order valence-electron chi connectivity index (χ0n) is 19.1. The average Bonchev–Trinajstić information content (AvgIpc) is 3.55. The molecule has 0 aliphatic heterocycles. The molecule has 0 aromatic carbocycles. The summed E-state index contributed by atoms with van der Waals surface area (Å²) in [6, 6.07) is 0.632. The molecule has 168 valence electrons. The Hall–Kier alpha value is -1.06. The lowest BCUT2D eigenvalue weighted by Gasteiger charge is -2.33. The molecule has 5 fully saturated rings. The minimum atomic E-state index is 0.109. The maximum absolute atomic E-state index is 12.9. The Morgan fingerprint density at radius 1 is 0.600 bits per heavy atom. The minimum absolute atomic E-state index is 0.109. The van der Waals surface area contributed by atoms with Crippen LogP contribution in [0.15, 0.2) is 0 Å². The molecule has 5 rings (SSSR count). The Morgan fingerprint density at radius 2 is 1.00 bits per heavy atom. The summed E-state index contributed by atoms with van der Waals surface area (Å²) < 4.78 is 0. The molecular weight excluding hydrogens is 372 g/mol. The van der Waals surface area contributed by atoms with Gasteiger partial charge in [0.15, 0.2) is 0 Å². The number of fused-ring (bicyclic) bond motifs is 4. The fourth-order valence-electron chi connectivity index (χ4n) is 8.33. The summed E-state index contributed by atoms with van der Waals surface area (Å²) in [4.78, 5) is 25.7. The molecule has 30 heavy (non-hydrogen) atoms. The lowest BCUT2D eigenvalue weighted by atomic mass is 9.79. The minimum Gasteiger partial charge on any atom is -0.353 e. The van der Waals surface area contributed by atoms with Crippen molar-refractivity contribution in [2.24, 2.45) is 47.3 Å². The average molecular weight is 415 g/mol. The molecule has 5 aliphatic rings. The van der Waals surface area contributed by atoms with Gasteiger partial charge in [-0.2, -0.15) is 0 Å². The van der Waals surface area contributed by atoms with Crippen molar-refractivity contribution in [3.63, 3.8) is 0 Å². The van der Waals surface area contributed by atoms with Gasteiger partial charge in [0.1, 0.15) is 0 Å². The van der Waals surface area contributed by atoms with Crippen LogP contribution in [0.3, 0.4) is 0 Å². The molecule has 0 aromatic rings. The first kappa shape index (κ1) is 20.8. The lowest BCUT2D eigenvalue weighted by molar-refractivity contribution is -0.131. The van der Waals surface area contributed by atoms with E-state index in [0.29, 0.717) is 23.9 Å². The van der Waals surface area contributed by atoms with Gasteiger partial charge in [-0.15, -0.1) is 0 Å². The molecule has 2 amide bonds. The van der Waals surface area contributed by atoms with E-state index in [1.54, 1.807) is 0 Å². The zero-order valence-corrected chi connectivity index (χ0v) is 19.1. The van der Waals surface area contributed by atoms with Crippen molar-refractivity contribution in [1.82, 2.24) is 10.6 Å². The van der Waals surface area contributed by atoms with Gasteiger partial charge in [0, 0.05) is 23.9 Å². The van der Waals surface area contributed by atoms with Crippen LogP contribution in [0.4, 0.5) is 0 Å². The SMILES string of the molecule is C[C@H](NC(=O)C1CCC(C(=O)N[C@H](C)[C@H]2C[C@H]3CC[C@H]2C3)CC1)[C@H]1C[C@H]2CC[C@H]1C2. The molecule has 0 spiro atoms. The number of hydrogen-bond donors (Lipinski definition) is 2. The predicted octanol–water partition coefficient (Wildman–Crippen LogP) is 4.67. The monoisotopic (exact) mass is 414 g/mol. The highest BCUT2D eigenvalue weighted by atomic mass is 16.2. The van der Waals surface area contributed by atoms with E-state index < -0.39 is 0 Å². The van der Waals surface area contributed by atoms with Crippen LogP contribution < -0.4 is 10.6 Å². The fourth-order valence-corrected chi connectivity index (χ4v) is 8.33. The second-order valence-corrected chi connectivity index (χ2v) is 11.8. The van der Waals surface area contributed by atoms with Crippen molar-refractivity contribution in [3.8, 4) is 0 Å². The summed E-state index contributed by atoms with van der Waals surface area (Å²) in [5.74, 6) is 5.66. The standard InChI is InChI=1S/C26H42N2O2/c1-15(23-13-17-3-5-21(23)11-17)27-25(29)19-7-9-20(10-8-19)26(30)28-16(2)24-14-18-4-6-22(24)12-18/h15-24H,3-14H2,1-2H3,(H,27,29)(H,28,30)/t15-,16+,17-,18-,19?,20?,21-,22-,23+,24+/m0/s1. The Balaban J connectivity index is 1.05. The van der Waals surface area contributed by atoms with Crippen LogP contribution in [-0.2, 0) is 9.59 Å². The van der Waals surface area contributed by atoms with Crippen LogP contribution in [0.5, 0.6) is 0 Å². The van der Waals surface area contributed by atoms with Gasteiger partial charge in [-0.05, 0) is 114 Å². The summed E-state index contributed by atoms with van der Waals surface area (Å²) >= 11 is 0. The zero-order chi connectivity index (χ0) is 20.8. The summed E-state index contributed by atoms with van der Waals surface area (Å²) in [6.07, 6.45) is 14.5. The van der Waals surface area contributed by atoms with Gasteiger partial charge >= 0.3 is 0 Å². The lowest BCUT2D eigenvalue weighted by Crippen LogP contribution is -2.46. The van der Waals surface area contributed by atoms with Crippen molar-refractivity contribution in [2.75, 3.05) is 0 Å². The van der Waals surface area contributed by atoms with Crippen LogP contribution in [0, 0.1) is 47.3 Å². The predicted molar refractivity (Wildman–Crippen MR) is 119 cm³/mol. The molecule has 0 heterocycles. The van der Waals surface area contributed by atoms with Crippen LogP contribution in [0.25, 0.3) is 0 Å². The molecule has 4 heteroatoms. The first-order valence-corrected chi connectivity index (χ1v) is 13.1. The first-order chi connectivity index (χ1) is 14.5. The van der Waals surface area contributed by atoms with Gasteiger partial charge in [-0.25, -0.2) is 0 Å². The van der Waals surface area contributed by atoms with Gasteiger partial charge in [-0.1, -0.05) is 12.8 Å². The maximum atomic E-state index is 12.9. The highest BCUT2D eigenvalue weighted by Crippen LogP contribution is 2.50. The largest absolute Gasteiger partial charge is 0.353 e. The van der Waals surface area contributed by atoms with Gasteiger partial charge < -0.3 is 10.6 Å². The van der Waals surface area contributed by atoms with Gasteiger partial charge in [-0.3, -0.25) is 9.59 Å². The highest BCUT2D eigenvalue weighted by molar-refractivity contribution is 5.81. The maximum Gasteiger partial charge on any atom is 0.223 e. The normalized spacial score (nSPS) is 44.1. The fraction of sp³-hybridized carbons (Fsp3) is 0.923. The van der Waals surface area contributed by atoms with Crippen LogP contribution >= 0.6 is 0 Å². The number of hydrogen-bond acceptors (Lipinski definition) is 2. The Kier molecular flexibility index (Phi) is 5.88. The molecule has 4 bridgehead atoms. The second-order valence-electron chi connectivity index (χ2n) is 11.8. The smallest absolute Gasteiger partial charge is 0.223 e. The van der Waals surface area contributed by atoms with E-state index in [4.69, 9.17) is 0 Å². The second kappa shape index (κ2) is 8.47. The number of nitrogens with one attached hydrogen (secondary N) is 2. The quantitative estimate of drug-likeness (QED) is 0.663. The van der Waals surface area contributed by atoms with Crippen LogP contribution in [-0.4, -0.2) is 23.9 Å². The number of amides is 2. The summed E-state index contributed by atoms with van der Waals surface area (Å²) in [5, 5.41) is 6.73. The summed E-state index contributed by atoms with van der Waals surface area (Å²) in [7, 11) is 0. The van der Waals surface area contributed by atoms with Gasteiger partial charge in [0.25, 0.3) is 0 Å². The van der Waals surface area contributed by atoms with Gasteiger partial charge in [0.2, 0.25) is 11.8 Å². The third-order valence-electron chi connectivity index (χ3n) is 10.1. The molecule has 2 N–H and O–H groups in total. The summed E-state index contributed by atoms with van der Waals surface area (Å²) in [6.45, 7) is 4.44. The molecule has 8 atom stereocenters. The highest BCUT2D eigenvalue weighted by Gasteiger charge is 2.44. The van der Waals surface area contributed by atoms with Crippen LogP contribution in [0.2, 0.25) is 0 Å². The van der Waals surface area contributed by atoms with E-state index in [9.17, 15) is 9.59 Å². The van der Waals surface area contributed by atoms with Crippen molar-refractivity contribution < 1.29 is 9.59 Å². The van der Waals surface area contributed by atoms with E-state index in [0.717, 1.165) is 49.4 Å². The molecule has 4 nitrogen and oxygen atoms in total. The van der Waals surface area contributed by atoms with E-state index >= 15 is 0 Å². The van der Waals surface area contributed by atoms with E-state index in [2.05, 4.69) is 24.5 Å². The van der Waals surface area contributed by atoms with E-state index in [-0.39, 0.29) is 23.7 Å². The number of carbonyl (C=O) groups excluding carboxylic acids is 2. The molecule has 5 aliphatic carbocycles. The van der Waals surface area contributed by atoms with Crippen molar-refractivity contribution >= 4 is 11.8 Å². The van der Waals surface area contributed by atoms with Gasteiger partial charge in [0.05, 0.1) is 0 Å². The Labute approximate surface area is 182 Å². The number of rotatable bonds is 6. The molecule has 5 saturated carbocycles. The molecular formula is C26H42N2O2. The molecule has 0 saturated heterocycles. The summed E-state index contributed by atoms with van der Waals surface area (Å²) in [5.41, 5.74) is 0.